The Morgan fingerprint density at radius 1 is 1.03 bits per heavy atom. The normalized spacial score (nSPS) is 36.4. The first-order valence-electron chi connectivity index (χ1n) is 15.7. The summed E-state index contributed by atoms with van der Waals surface area (Å²) < 4.78 is 5.93. The summed E-state index contributed by atoms with van der Waals surface area (Å²) in [5.41, 5.74) is 2.60. The van der Waals surface area contributed by atoms with Gasteiger partial charge in [0.25, 0.3) is 5.69 Å². The van der Waals surface area contributed by atoms with Crippen molar-refractivity contribution in [3.63, 3.8) is 0 Å². The summed E-state index contributed by atoms with van der Waals surface area (Å²) in [5.74, 6) is 4.54. The molecule has 0 unspecified atom stereocenters. The number of nitrogens with zero attached hydrogens (tertiary/aromatic N) is 1. The second kappa shape index (κ2) is 11.0. The molecule has 0 aromatic heterocycles. The summed E-state index contributed by atoms with van der Waals surface area (Å²) in [5, 5.41) is 10.9. The van der Waals surface area contributed by atoms with Gasteiger partial charge in [0.05, 0.1) is 10.5 Å². The van der Waals surface area contributed by atoms with E-state index in [2.05, 4.69) is 40.7 Å². The number of carbonyl (C=O) groups excluding carboxylic acids is 1. The summed E-state index contributed by atoms with van der Waals surface area (Å²) >= 11 is 0. The summed E-state index contributed by atoms with van der Waals surface area (Å²) in [4.78, 5) is 23.3. The van der Waals surface area contributed by atoms with E-state index in [4.69, 9.17) is 4.74 Å². The van der Waals surface area contributed by atoms with Crippen LogP contribution in [-0.4, -0.2) is 17.0 Å². The Balaban J connectivity index is 1.23. The van der Waals surface area contributed by atoms with E-state index >= 15 is 0 Å². The Morgan fingerprint density at radius 2 is 1.77 bits per heavy atom. The number of hydrogen-bond donors (Lipinski definition) is 0. The second-order valence-corrected chi connectivity index (χ2v) is 14.4. The molecule has 0 N–H and O–H groups in total. The van der Waals surface area contributed by atoms with Crippen LogP contribution in [0.25, 0.3) is 0 Å². The third-order valence-electron chi connectivity index (χ3n) is 11.8. The van der Waals surface area contributed by atoms with Crippen molar-refractivity contribution in [2.75, 3.05) is 0 Å². The van der Waals surface area contributed by atoms with Crippen molar-refractivity contribution in [2.24, 2.45) is 46.3 Å². The summed E-state index contributed by atoms with van der Waals surface area (Å²) in [6.07, 6.45) is 16.1. The van der Waals surface area contributed by atoms with Crippen molar-refractivity contribution < 1.29 is 14.5 Å². The summed E-state index contributed by atoms with van der Waals surface area (Å²) in [6, 6.07) is 5.73. The molecule has 3 saturated carbocycles. The van der Waals surface area contributed by atoms with Crippen LogP contribution in [0.2, 0.25) is 0 Å². The minimum atomic E-state index is -0.450. The molecular formula is C34H49NO4. The van der Waals surface area contributed by atoms with Crippen LogP contribution in [0.3, 0.4) is 0 Å². The lowest BCUT2D eigenvalue weighted by Crippen LogP contribution is -2.51. The monoisotopic (exact) mass is 535 g/mol. The van der Waals surface area contributed by atoms with E-state index in [9.17, 15) is 14.9 Å². The summed E-state index contributed by atoms with van der Waals surface area (Å²) in [6.45, 7) is 12.4. The van der Waals surface area contributed by atoms with Crippen LogP contribution >= 0.6 is 0 Å². The number of allylic oxidation sites excluding steroid dienone is 1. The number of fused-ring (bicyclic) bond motifs is 5. The molecule has 0 aliphatic heterocycles. The number of ether oxygens (including phenoxy) is 1. The van der Waals surface area contributed by atoms with Gasteiger partial charge in [0.2, 0.25) is 0 Å². The quantitative estimate of drug-likeness (QED) is 0.144. The van der Waals surface area contributed by atoms with Crippen LogP contribution in [0.4, 0.5) is 5.69 Å². The smallest absolute Gasteiger partial charge is 0.338 e. The van der Waals surface area contributed by atoms with Crippen LogP contribution in [0.5, 0.6) is 0 Å². The molecule has 4 aliphatic rings. The molecule has 4 aliphatic carbocycles. The number of carbonyl (C=O) groups is 1. The Morgan fingerprint density at radius 3 is 2.46 bits per heavy atom. The fourth-order valence-corrected chi connectivity index (χ4v) is 9.69. The van der Waals surface area contributed by atoms with E-state index in [1.165, 1.54) is 81.2 Å². The topological polar surface area (TPSA) is 69.4 Å². The van der Waals surface area contributed by atoms with E-state index in [-0.39, 0.29) is 23.2 Å². The number of benzene rings is 1. The SMILES string of the molecule is CC(C)CCC[C@H](C)[C@@H]1CC[C@@H]2[C@H]3CC=C4C[C@@H](OC(=O)c5ccc([N+](=O)[O-])cc5)CC[C@]4(C)[C@@H]3CC[C@@]21C. The van der Waals surface area contributed by atoms with Crippen molar-refractivity contribution in [2.45, 2.75) is 111 Å². The Hall–Kier alpha value is -2.17. The lowest BCUT2D eigenvalue weighted by atomic mass is 9.47. The molecule has 0 amide bonds. The molecule has 0 heterocycles. The van der Waals surface area contributed by atoms with E-state index in [1.54, 1.807) is 0 Å². The van der Waals surface area contributed by atoms with E-state index in [0.717, 1.165) is 54.8 Å². The lowest BCUT2D eigenvalue weighted by molar-refractivity contribution is -0.384. The van der Waals surface area contributed by atoms with Crippen LogP contribution < -0.4 is 0 Å². The van der Waals surface area contributed by atoms with E-state index in [1.807, 2.05) is 0 Å². The molecule has 0 spiro atoms. The number of rotatable bonds is 8. The van der Waals surface area contributed by atoms with Gasteiger partial charge in [-0.3, -0.25) is 10.1 Å². The molecule has 3 fully saturated rings. The summed E-state index contributed by atoms with van der Waals surface area (Å²) in [7, 11) is 0. The molecule has 5 nitrogen and oxygen atoms in total. The zero-order valence-corrected chi connectivity index (χ0v) is 24.8. The predicted molar refractivity (Wildman–Crippen MR) is 155 cm³/mol. The largest absolute Gasteiger partial charge is 0.458 e. The first-order chi connectivity index (χ1) is 18.5. The number of non-ortho nitro benzene ring substituents is 1. The Bertz CT molecular complexity index is 1090. The van der Waals surface area contributed by atoms with Gasteiger partial charge in [-0.2, -0.15) is 0 Å². The molecule has 5 heteroatoms. The van der Waals surface area contributed by atoms with Gasteiger partial charge in [-0.1, -0.05) is 65.5 Å². The van der Waals surface area contributed by atoms with Crippen LogP contribution in [0.15, 0.2) is 35.9 Å². The van der Waals surface area contributed by atoms with E-state index < -0.39 is 4.92 Å². The first kappa shape index (κ1) is 28.4. The average molecular weight is 536 g/mol. The van der Waals surface area contributed by atoms with Crippen molar-refractivity contribution in [3.8, 4) is 0 Å². The van der Waals surface area contributed by atoms with Gasteiger partial charge in [-0.25, -0.2) is 4.79 Å². The predicted octanol–water partition coefficient (Wildman–Crippen LogP) is 9.16. The molecule has 0 bridgehead atoms. The minimum absolute atomic E-state index is 0.0142. The number of nitro benzene ring substituents is 1. The highest BCUT2D eigenvalue weighted by molar-refractivity contribution is 5.89. The highest BCUT2D eigenvalue weighted by Crippen LogP contribution is 2.67. The molecule has 1 aromatic carbocycles. The van der Waals surface area contributed by atoms with Gasteiger partial charge in [0.1, 0.15) is 6.10 Å². The molecule has 8 atom stereocenters. The van der Waals surface area contributed by atoms with Gasteiger partial charge in [0.15, 0.2) is 0 Å². The average Bonchev–Trinajstić information content (AvgIpc) is 3.26. The van der Waals surface area contributed by atoms with Crippen molar-refractivity contribution in [1.29, 1.82) is 0 Å². The maximum atomic E-state index is 12.8. The van der Waals surface area contributed by atoms with Crippen LogP contribution in [0.1, 0.15) is 116 Å². The van der Waals surface area contributed by atoms with Crippen molar-refractivity contribution >= 4 is 11.7 Å². The van der Waals surface area contributed by atoms with Gasteiger partial charge in [-0.05, 0) is 103 Å². The van der Waals surface area contributed by atoms with Gasteiger partial charge in [0, 0.05) is 18.6 Å². The Labute approximate surface area is 235 Å². The van der Waals surface area contributed by atoms with Crippen LogP contribution in [0, 0.1) is 56.5 Å². The molecule has 5 rings (SSSR count). The maximum Gasteiger partial charge on any atom is 0.338 e. The maximum absolute atomic E-state index is 12.8. The molecule has 39 heavy (non-hydrogen) atoms. The first-order valence-corrected chi connectivity index (χ1v) is 15.7. The molecule has 0 saturated heterocycles. The molecule has 0 radical (unpaired) electrons. The number of hydrogen-bond acceptors (Lipinski definition) is 4. The fraction of sp³-hybridized carbons (Fsp3) is 0.735. The van der Waals surface area contributed by atoms with Gasteiger partial charge in [-0.15, -0.1) is 0 Å². The standard InChI is InChI=1S/C34H49NO4/c1-22(2)7-6-8-23(3)29-15-16-30-28-14-11-25-21-27(17-19-33(25,4)31(28)18-20-34(29,30)5)39-32(36)24-9-12-26(13-10-24)35(37)38/h9-13,22-23,27-31H,6-8,14-21H2,1-5H3/t23-,27-,28+,29-,30+,31+,33-,34+/m0/s1. The highest BCUT2D eigenvalue weighted by Gasteiger charge is 2.59. The number of esters is 1. The Kier molecular flexibility index (Phi) is 8.01. The number of nitro groups is 1. The third-order valence-corrected chi connectivity index (χ3v) is 11.8. The molecule has 214 valence electrons. The van der Waals surface area contributed by atoms with Crippen molar-refractivity contribution in [1.82, 2.24) is 0 Å². The zero-order valence-electron chi connectivity index (χ0n) is 24.8. The lowest BCUT2D eigenvalue weighted by Gasteiger charge is -2.58. The molecule has 1 aromatic rings. The van der Waals surface area contributed by atoms with Gasteiger partial charge >= 0.3 is 5.97 Å². The van der Waals surface area contributed by atoms with Crippen molar-refractivity contribution in [3.05, 3.63) is 51.6 Å². The third kappa shape index (κ3) is 5.32. The minimum Gasteiger partial charge on any atom is -0.458 e. The zero-order chi connectivity index (χ0) is 27.9. The highest BCUT2D eigenvalue weighted by atomic mass is 16.6. The fourth-order valence-electron chi connectivity index (χ4n) is 9.69. The second-order valence-electron chi connectivity index (χ2n) is 14.4. The van der Waals surface area contributed by atoms with Gasteiger partial charge < -0.3 is 4.74 Å². The molecular weight excluding hydrogens is 486 g/mol. The van der Waals surface area contributed by atoms with Crippen LogP contribution in [-0.2, 0) is 4.74 Å². The van der Waals surface area contributed by atoms with E-state index in [0.29, 0.717) is 11.0 Å².